The molecule has 0 amide bonds. The molecule has 0 saturated heterocycles. The number of aldehydes is 1. The van der Waals surface area contributed by atoms with Crippen LogP contribution in [0.1, 0.15) is 0 Å². The van der Waals surface area contributed by atoms with Crippen LogP contribution in [0.2, 0.25) is 0 Å². The number of amidine groups is 1. The molecular formula is C8H6ClN3O. The van der Waals surface area contributed by atoms with Gasteiger partial charge in [-0.25, -0.2) is 10.0 Å². The van der Waals surface area contributed by atoms with E-state index < -0.39 is 0 Å². The predicted octanol–water partition coefficient (Wildman–Crippen LogP) is 0.905. The van der Waals surface area contributed by atoms with Gasteiger partial charge in [0, 0.05) is 11.8 Å². The van der Waals surface area contributed by atoms with E-state index in [1.54, 1.807) is 17.2 Å². The van der Waals surface area contributed by atoms with E-state index in [1.165, 1.54) is 6.20 Å². The van der Waals surface area contributed by atoms with Crippen LogP contribution in [0, 0.1) is 0 Å². The number of nitrogens with zero attached hydrogens (tertiary/aromatic N) is 3. The van der Waals surface area contributed by atoms with Gasteiger partial charge in [0.2, 0.25) is 0 Å². The number of rotatable bonds is 1. The Balaban J connectivity index is 2.31. The summed E-state index contributed by atoms with van der Waals surface area (Å²) in [5.41, 5.74) is 0.590. The Bertz CT molecular complexity index is 368. The third-order valence-electron chi connectivity index (χ3n) is 1.70. The monoisotopic (exact) mass is 195 g/mol. The Kier molecular flexibility index (Phi) is 1.98. The van der Waals surface area contributed by atoms with Crippen LogP contribution in [-0.2, 0) is 4.79 Å². The predicted molar refractivity (Wildman–Crippen MR) is 50.7 cm³/mol. The number of aliphatic imine (C=N–C) groups is 1. The highest BCUT2D eigenvalue weighted by Crippen LogP contribution is 2.12. The molecule has 0 fully saturated rings. The van der Waals surface area contributed by atoms with Crippen molar-refractivity contribution in [3.63, 3.8) is 0 Å². The third kappa shape index (κ3) is 1.53. The van der Waals surface area contributed by atoms with Crippen LogP contribution in [0.25, 0.3) is 0 Å². The van der Waals surface area contributed by atoms with E-state index in [4.69, 9.17) is 11.6 Å². The third-order valence-corrected chi connectivity index (χ3v) is 1.90. The summed E-state index contributed by atoms with van der Waals surface area (Å²) < 4.78 is 0. The summed E-state index contributed by atoms with van der Waals surface area (Å²) in [5, 5.41) is 5.98. The van der Waals surface area contributed by atoms with Crippen molar-refractivity contribution in [2.45, 2.75) is 0 Å². The first kappa shape index (κ1) is 8.19. The molecule has 2 aliphatic rings. The standard InChI is InChI=1S/C8H6ClN3O/c9-7-1-2-8-10-3-6(5-13)4-12(8)11-7/h1-3,5H,4H2. The molecule has 4 nitrogen and oxygen atoms in total. The van der Waals surface area contributed by atoms with E-state index in [9.17, 15) is 4.79 Å². The minimum absolute atomic E-state index is 0.395. The molecule has 0 N–H and O–H groups in total. The molecule has 2 rings (SSSR count). The molecule has 2 aliphatic heterocycles. The van der Waals surface area contributed by atoms with Gasteiger partial charge in [-0.05, 0) is 12.2 Å². The van der Waals surface area contributed by atoms with Gasteiger partial charge in [0.15, 0.2) is 0 Å². The van der Waals surface area contributed by atoms with Crippen molar-refractivity contribution < 1.29 is 4.79 Å². The first-order valence-corrected chi connectivity index (χ1v) is 4.09. The molecule has 66 valence electrons. The molecule has 5 heteroatoms. The Morgan fingerprint density at radius 1 is 1.54 bits per heavy atom. The van der Waals surface area contributed by atoms with Gasteiger partial charge < -0.3 is 0 Å². The Hall–Kier alpha value is -1.42. The quantitative estimate of drug-likeness (QED) is 0.584. The second-order valence-electron chi connectivity index (χ2n) is 2.62. The van der Waals surface area contributed by atoms with E-state index in [1.807, 2.05) is 0 Å². The summed E-state index contributed by atoms with van der Waals surface area (Å²) in [6.07, 6.45) is 5.73. The Morgan fingerprint density at radius 2 is 2.38 bits per heavy atom. The summed E-state index contributed by atoms with van der Waals surface area (Å²) in [4.78, 5) is 14.5. The number of hydrogen-bond donors (Lipinski definition) is 0. The number of carbonyl (C=O) groups is 1. The van der Waals surface area contributed by atoms with E-state index >= 15 is 0 Å². The molecule has 0 aromatic heterocycles. The summed E-state index contributed by atoms with van der Waals surface area (Å²) >= 11 is 5.69. The topological polar surface area (TPSA) is 45.0 Å². The van der Waals surface area contributed by atoms with Gasteiger partial charge in [0.1, 0.15) is 17.3 Å². The Labute approximate surface area is 79.9 Å². The first-order chi connectivity index (χ1) is 6.29. The van der Waals surface area contributed by atoms with Crippen LogP contribution < -0.4 is 0 Å². The second-order valence-corrected chi connectivity index (χ2v) is 3.01. The largest absolute Gasteiger partial charge is 0.298 e. The van der Waals surface area contributed by atoms with Crippen molar-refractivity contribution in [3.8, 4) is 0 Å². The fourth-order valence-electron chi connectivity index (χ4n) is 1.09. The molecule has 0 spiro atoms. The van der Waals surface area contributed by atoms with Gasteiger partial charge in [0.25, 0.3) is 0 Å². The molecule has 0 aromatic carbocycles. The SMILES string of the molecule is O=CC1=CN=C2C=CC(Cl)=NN2C1. The van der Waals surface area contributed by atoms with Crippen LogP contribution >= 0.6 is 11.6 Å². The zero-order chi connectivity index (χ0) is 9.26. The van der Waals surface area contributed by atoms with Crippen molar-refractivity contribution in [1.29, 1.82) is 0 Å². The molecule has 0 aromatic rings. The van der Waals surface area contributed by atoms with E-state index in [2.05, 4.69) is 10.1 Å². The fraction of sp³-hybridized carbons (Fsp3) is 0.125. The van der Waals surface area contributed by atoms with Crippen LogP contribution in [-0.4, -0.2) is 28.8 Å². The molecule has 2 heterocycles. The lowest BCUT2D eigenvalue weighted by Gasteiger charge is -2.23. The smallest absolute Gasteiger partial charge is 0.149 e. The van der Waals surface area contributed by atoms with Crippen molar-refractivity contribution in [2.75, 3.05) is 6.54 Å². The number of fused-ring (bicyclic) bond motifs is 1. The zero-order valence-electron chi connectivity index (χ0n) is 6.64. The van der Waals surface area contributed by atoms with Crippen molar-refractivity contribution >= 4 is 28.9 Å². The number of hydrogen-bond acceptors (Lipinski definition) is 4. The van der Waals surface area contributed by atoms with E-state index in [0.717, 1.165) is 6.29 Å². The molecule has 0 unspecified atom stereocenters. The zero-order valence-corrected chi connectivity index (χ0v) is 7.40. The van der Waals surface area contributed by atoms with Crippen LogP contribution in [0.4, 0.5) is 0 Å². The number of hydrazone groups is 1. The van der Waals surface area contributed by atoms with E-state index in [-0.39, 0.29) is 0 Å². The van der Waals surface area contributed by atoms with Crippen LogP contribution in [0.3, 0.4) is 0 Å². The second kappa shape index (κ2) is 3.14. The maximum Gasteiger partial charge on any atom is 0.149 e. The average Bonchev–Trinajstić information content (AvgIpc) is 2.16. The van der Waals surface area contributed by atoms with Crippen LogP contribution in [0.5, 0.6) is 0 Å². The lowest BCUT2D eigenvalue weighted by molar-refractivity contribution is -0.105. The molecule has 0 bridgehead atoms. The molecule has 13 heavy (non-hydrogen) atoms. The molecule has 0 atom stereocenters. The summed E-state index contributed by atoms with van der Waals surface area (Å²) in [7, 11) is 0. The van der Waals surface area contributed by atoms with Gasteiger partial charge in [-0.3, -0.25) is 4.79 Å². The minimum Gasteiger partial charge on any atom is -0.298 e. The summed E-state index contributed by atoms with van der Waals surface area (Å²) in [6, 6.07) is 0. The van der Waals surface area contributed by atoms with Crippen molar-refractivity contribution in [1.82, 2.24) is 5.01 Å². The fourth-order valence-corrected chi connectivity index (χ4v) is 1.24. The highest BCUT2D eigenvalue weighted by molar-refractivity contribution is 6.68. The van der Waals surface area contributed by atoms with E-state index in [0.29, 0.717) is 23.1 Å². The highest BCUT2D eigenvalue weighted by Gasteiger charge is 2.17. The van der Waals surface area contributed by atoms with Crippen molar-refractivity contribution in [3.05, 3.63) is 23.9 Å². The maximum absolute atomic E-state index is 10.5. The average molecular weight is 196 g/mol. The molecule has 0 aliphatic carbocycles. The maximum atomic E-state index is 10.5. The van der Waals surface area contributed by atoms with Gasteiger partial charge in [-0.1, -0.05) is 11.6 Å². The molecule has 0 saturated carbocycles. The Morgan fingerprint density at radius 3 is 3.15 bits per heavy atom. The highest BCUT2D eigenvalue weighted by atomic mass is 35.5. The summed E-state index contributed by atoms with van der Waals surface area (Å²) in [5.74, 6) is 0.704. The minimum atomic E-state index is 0.395. The lowest BCUT2D eigenvalue weighted by atomic mass is 10.2. The molecular weight excluding hydrogens is 190 g/mol. The van der Waals surface area contributed by atoms with Crippen LogP contribution in [0.15, 0.2) is 34.0 Å². The summed E-state index contributed by atoms with van der Waals surface area (Å²) in [6.45, 7) is 0.433. The van der Waals surface area contributed by atoms with Gasteiger partial charge in [0.05, 0.1) is 6.54 Å². The number of carbonyl (C=O) groups excluding carboxylic acids is 1. The molecule has 0 radical (unpaired) electrons. The van der Waals surface area contributed by atoms with Gasteiger partial charge >= 0.3 is 0 Å². The van der Waals surface area contributed by atoms with Gasteiger partial charge in [-0.2, -0.15) is 5.10 Å². The van der Waals surface area contributed by atoms with Gasteiger partial charge in [-0.15, -0.1) is 0 Å². The van der Waals surface area contributed by atoms with Crippen molar-refractivity contribution in [2.24, 2.45) is 10.1 Å². The number of halogens is 1. The normalized spacial score (nSPS) is 20.1. The number of allylic oxidation sites excluding steroid dienone is 1. The first-order valence-electron chi connectivity index (χ1n) is 3.71. The lowest BCUT2D eigenvalue weighted by Crippen LogP contribution is -2.31.